The molecular weight excluding hydrogens is 408 g/mol. The van der Waals surface area contributed by atoms with Gasteiger partial charge in [-0.2, -0.15) is 0 Å². The van der Waals surface area contributed by atoms with Gasteiger partial charge in [0.15, 0.2) is 6.73 Å². The average Bonchev–Trinajstić information content (AvgIpc) is 2.86. The van der Waals surface area contributed by atoms with Crippen LogP contribution < -0.4 is 14.5 Å². The molecule has 4 nitrogen and oxygen atoms in total. The number of hydrogen-bond donors (Lipinski definition) is 0. The minimum atomic E-state index is -0.103. The summed E-state index contributed by atoms with van der Waals surface area (Å²) in [5, 5.41) is 0. The van der Waals surface area contributed by atoms with E-state index in [1.807, 2.05) is 32.2 Å². The standard InChI is InChI=1S/C29H34N2O2/c1-6-22(2)32-20-30(5)26-15-11-24(12-16-26)29(3,4)25-13-17-27(18-14-25)31-19-23-9-7-8-10-28(23)33-21-31/h6-18,22H,1,19-21H2,2-5H3. The zero-order chi connectivity index (χ0) is 23.4. The zero-order valence-corrected chi connectivity index (χ0v) is 20.1. The van der Waals surface area contributed by atoms with Crippen molar-refractivity contribution in [3.8, 4) is 5.75 Å². The smallest absolute Gasteiger partial charge is 0.161 e. The summed E-state index contributed by atoms with van der Waals surface area (Å²) in [4.78, 5) is 4.36. The summed E-state index contributed by atoms with van der Waals surface area (Å²) in [6, 6.07) is 25.9. The molecule has 33 heavy (non-hydrogen) atoms. The summed E-state index contributed by atoms with van der Waals surface area (Å²) in [5.74, 6) is 0.988. The maximum Gasteiger partial charge on any atom is 0.161 e. The quantitative estimate of drug-likeness (QED) is 0.300. The molecule has 0 amide bonds. The lowest BCUT2D eigenvalue weighted by molar-refractivity contribution is 0.101. The van der Waals surface area contributed by atoms with Crippen LogP contribution in [0.4, 0.5) is 11.4 Å². The van der Waals surface area contributed by atoms with E-state index >= 15 is 0 Å². The molecule has 0 radical (unpaired) electrons. The molecule has 0 spiro atoms. The maximum absolute atomic E-state index is 5.93. The summed E-state index contributed by atoms with van der Waals surface area (Å²) < 4.78 is 11.7. The Morgan fingerprint density at radius 1 is 1.03 bits per heavy atom. The van der Waals surface area contributed by atoms with Crippen molar-refractivity contribution < 1.29 is 9.47 Å². The Kier molecular flexibility index (Phi) is 6.75. The number of para-hydroxylation sites is 1. The molecule has 3 aromatic rings. The van der Waals surface area contributed by atoms with Gasteiger partial charge in [-0.3, -0.25) is 0 Å². The van der Waals surface area contributed by atoms with Crippen LogP contribution in [0.5, 0.6) is 5.75 Å². The van der Waals surface area contributed by atoms with Crippen LogP contribution in [-0.2, 0) is 16.7 Å². The van der Waals surface area contributed by atoms with Gasteiger partial charge in [0.1, 0.15) is 12.5 Å². The van der Waals surface area contributed by atoms with Crippen molar-refractivity contribution in [1.82, 2.24) is 0 Å². The van der Waals surface area contributed by atoms with Crippen LogP contribution in [0.2, 0.25) is 0 Å². The molecule has 1 aliphatic heterocycles. The molecule has 172 valence electrons. The highest BCUT2D eigenvalue weighted by molar-refractivity contribution is 5.54. The number of rotatable bonds is 8. The first kappa shape index (κ1) is 22.9. The van der Waals surface area contributed by atoms with Crippen LogP contribution in [0.15, 0.2) is 85.5 Å². The number of nitrogens with zero attached hydrogens (tertiary/aromatic N) is 2. The fraction of sp³-hybridized carbons (Fsp3) is 0.310. The first-order valence-electron chi connectivity index (χ1n) is 11.5. The largest absolute Gasteiger partial charge is 0.473 e. The van der Waals surface area contributed by atoms with Crippen LogP contribution in [0.25, 0.3) is 0 Å². The van der Waals surface area contributed by atoms with Crippen molar-refractivity contribution >= 4 is 11.4 Å². The van der Waals surface area contributed by atoms with E-state index in [9.17, 15) is 0 Å². The fourth-order valence-electron chi connectivity index (χ4n) is 4.10. The zero-order valence-electron chi connectivity index (χ0n) is 20.1. The monoisotopic (exact) mass is 442 g/mol. The molecule has 4 rings (SSSR count). The van der Waals surface area contributed by atoms with E-state index < -0.39 is 0 Å². The third-order valence-corrected chi connectivity index (χ3v) is 6.56. The van der Waals surface area contributed by atoms with Crippen LogP contribution in [0.1, 0.15) is 37.5 Å². The van der Waals surface area contributed by atoms with Gasteiger partial charge in [-0.15, -0.1) is 6.58 Å². The van der Waals surface area contributed by atoms with Gasteiger partial charge in [0.2, 0.25) is 0 Å². The fourth-order valence-corrected chi connectivity index (χ4v) is 4.10. The van der Waals surface area contributed by atoms with Crippen LogP contribution in [0, 0.1) is 0 Å². The lowest BCUT2D eigenvalue weighted by atomic mass is 9.78. The number of hydrogen-bond acceptors (Lipinski definition) is 4. The highest BCUT2D eigenvalue weighted by Gasteiger charge is 2.24. The summed E-state index contributed by atoms with van der Waals surface area (Å²) in [5.41, 5.74) is 6.00. The molecule has 1 heterocycles. The lowest BCUT2D eigenvalue weighted by Gasteiger charge is -2.32. The average molecular weight is 443 g/mol. The predicted octanol–water partition coefficient (Wildman–Crippen LogP) is 6.35. The Morgan fingerprint density at radius 3 is 2.33 bits per heavy atom. The van der Waals surface area contributed by atoms with Gasteiger partial charge in [-0.1, -0.05) is 62.4 Å². The van der Waals surface area contributed by atoms with Gasteiger partial charge in [0.25, 0.3) is 0 Å². The van der Waals surface area contributed by atoms with Gasteiger partial charge < -0.3 is 19.3 Å². The van der Waals surface area contributed by atoms with Crippen LogP contribution in [-0.4, -0.2) is 26.6 Å². The Labute approximate surface area is 198 Å². The van der Waals surface area contributed by atoms with E-state index in [0.717, 1.165) is 18.0 Å². The van der Waals surface area contributed by atoms with Crippen molar-refractivity contribution in [1.29, 1.82) is 0 Å². The number of fused-ring (bicyclic) bond motifs is 1. The highest BCUT2D eigenvalue weighted by Crippen LogP contribution is 2.34. The number of anilines is 2. The molecule has 1 aliphatic rings. The van der Waals surface area contributed by atoms with Gasteiger partial charge >= 0.3 is 0 Å². The topological polar surface area (TPSA) is 24.9 Å². The molecule has 4 heteroatoms. The number of benzene rings is 3. The maximum atomic E-state index is 5.93. The van der Waals surface area contributed by atoms with Crippen molar-refractivity contribution in [3.05, 3.63) is 102 Å². The SMILES string of the molecule is C=CC(C)OCN(C)c1ccc(C(C)(C)c2ccc(N3COc4ccccc4C3)cc2)cc1. The minimum Gasteiger partial charge on any atom is -0.473 e. The minimum absolute atomic E-state index is 0.0415. The van der Waals surface area contributed by atoms with Crippen molar-refractivity contribution in [2.45, 2.75) is 38.8 Å². The molecule has 0 saturated carbocycles. The molecule has 1 unspecified atom stereocenters. The Morgan fingerprint density at radius 2 is 1.67 bits per heavy atom. The summed E-state index contributed by atoms with van der Waals surface area (Å²) in [6.45, 7) is 12.3. The molecule has 3 aromatic carbocycles. The van der Waals surface area contributed by atoms with E-state index in [-0.39, 0.29) is 11.5 Å². The molecule has 0 aromatic heterocycles. The Hall–Kier alpha value is -3.24. The first-order chi connectivity index (χ1) is 15.9. The first-order valence-corrected chi connectivity index (χ1v) is 11.5. The van der Waals surface area contributed by atoms with Gasteiger partial charge in [0, 0.05) is 35.9 Å². The van der Waals surface area contributed by atoms with E-state index in [1.54, 1.807) is 0 Å². The second-order valence-corrected chi connectivity index (χ2v) is 9.23. The normalized spacial score (nSPS) is 14.2. The second kappa shape index (κ2) is 9.72. The molecule has 1 atom stereocenters. The molecule has 0 fully saturated rings. The van der Waals surface area contributed by atoms with Crippen LogP contribution >= 0.6 is 0 Å². The summed E-state index contributed by atoms with van der Waals surface area (Å²) in [7, 11) is 2.04. The Bertz CT molecular complexity index is 1070. The highest BCUT2D eigenvalue weighted by atomic mass is 16.5. The number of ether oxygens (including phenoxy) is 2. The van der Waals surface area contributed by atoms with E-state index in [0.29, 0.717) is 13.5 Å². The van der Waals surface area contributed by atoms with E-state index in [1.165, 1.54) is 22.4 Å². The molecule has 0 N–H and O–H groups in total. The van der Waals surface area contributed by atoms with E-state index in [2.05, 4.69) is 90.9 Å². The summed E-state index contributed by atoms with van der Waals surface area (Å²) >= 11 is 0. The molecule has 0 bridgehead atoms. The third kappa shape index (κ3) is 5.07. The van der Waals surface area contributed by atoms with Gasteiger partial charge in [0.05, 0.1) is 6.10 Å². The molecule has 0 saturated heterocycles. The molecule has 0 aliphatic carbocycles. The van der Waals surface area contributed by atoms with Crippen LogP contribution in [0.3, 0.4) is 0 Å². The second-order valence-electron chi connectivity index (χ2n) is 9.23. The summed E-state index contributed by atoms with van der Waals surface area (Å²) in [6.07, 6.45) is 1.85. The van der Waals surface area contributed by atoms with Crippen molar-refractivity contribution in [3.63, 3.8) is 0 Å². The van der Waals surface area contributed by atoms with E-state index in [4.69, 9.17) is 9.47 Å². The third-order valence-electron chi connectivity index (χ3n) is 6.56. The lowest BCUT2D eigenvalue weighted by Crippen LogP contribution is -2.31. The molecular formula is C29H34N2O2. The van der Waals surface area contributed by atoms with Gasteiger partial charge in [-0.05, 0) is 48.4 Å². The van der Waals surface area contributed by atoms with Crippen molar-refractivity contribution in [2.75, 3.05) is 30.3 Å². The van der Waals surface area contributed by atoms with Gasteiger partial charge in [-0.25, -0.2) is 0 Å². The predicted molar refractivity (Wildman–Crippen MR) is 137 cm³/mol. The van der Waals surface area contributed by atoms with Crippen molar-refractivity contribution in [2.24, 2.45) is 0 Å². The Balaban J connectivity index is 1.44.